The number of nitrogens with zero attached hydrogens (tertiary/aromatic N) is 1. The summed E-state index contributed by atoms with van der Waals surface area (Å²) < 4.78 is 0. The molecule has 0 radical (unpaired) electrons. The molecule has 1 saturated heterocycles. The van der Waals surface area contributed by atoms with Gasteiger partial charge in [-0.2, -0.15) is 0 Å². The number of aryl methyl sites for hydroxylation is 1. The van der Waals surface area contributed by atoms with Gasteiger partial charge in [0.2, 0.25) is 11.8 Å². The van der Waals surface area contributed by atoms with Crippen molar-refractivity contribution in [2.24, 2.45) is 0 Å². The van der Waals surface area contributed by atoms with Gasteiger partial charge in [0.05, 0.1) is 0 Å². The Morgan fingerprint density at radius 3 is 2.74 bits per heavy atom. The summed E-state index contributed by atoms with van der Waals surface area (Å²) >= 11 is 0. The van der Waals surface area contributed by atoms with Crippen LogP contribution < -0.4 is 10.6 Å². The fraction of sp³-hybridized carbons (Fsp3) is 0.217. The van der Waals surface area contributed by atoms with Crippen molar-refractivity contribution in [3.8, 4) is 0 Å². The van der Waals surface area contributed by atoms with Crippen LogP contribution in [-0.2, 0) is 16.1 Å². The number of nitrogens with one attached hydrogen (secondary N) is 3. The zero-order chi connectivity index (χ0) is 21.7. The molecular weight excluding hydrogens is 396 g/mol. The van der Waals surface area contributed by atoms with E-state index in [1.54, 1.807) is 18.2 Å². The monoisotopic (exact) mass is 416 g/mol. The van der Waals surface area contributed by atoms with E-state index in [4.69, 9.17) is 0 Å². The SMILES string of the molecule is Cc1cc2cc(NC(=O)c3ccc4c(c3)CN(C3CCC(=O)NC3=O)C4=O)ccc2[nH]1. The predicted molar refractivity (Wildman–Crippen MR) is 113 cm³/mol. The lowest BCUT2D eigenvalue weighted by atomic mass is 10.0. The van der Waals surface area contributed by atoms with E-state index in [1.165, 1.54) is 4.90 Å². The third-order valence-corrected chi connectivity index (χ3v) is 5.80. The van der Waals surface area contributed by atoms with Crippen LogP contribution in [0.1, 0.15) is 44.8 Å². The molecular formula is C23H20N4O4. The van der Waals surface area contributed by atoms with Gasteiger partial charge >= 0.3 is 0 Å². The van der Waals surface area contributed by atoms with E-state index in [9.17, 15) is 19.2 Å². The van der Waals surface area contributed by atoms with E-state index >= 15 is 0 Å². The van der Waals surface area contributed by atoms with Crippen LogP contribution in [0.2, 0.25) is 0 Å². The number of piperidine rings is 1. The summed E-state index contributed by atoms with van der Waals surface area (Å²) in [6.45, 7) is 2.21. The number of fused-ring (bicyclic) bond motifs is 2. The first kappa shape index (κ1) is 19.0. The zero-order valence-corrected chi connectivity index (χ0v) is 16.8. The van der Waals surface area contributed by atoms with Gasteiger partial charge in [-0.3, -0.25) is 24.5 Å². The van der Waals surface area contributed by atoms with E-state index < -0.39 is 11.9 Å². The van der Waals surface area contributed by atoms with Gasteiger partial charge in [0.1, 0.15) is 6.04 Å². The lowest BCUT2D eigenvalue weighted by Crippen LogP contribution is -2.52. The average molecular weight is 416 g/mol. The summed E-state index contributed by atoms with van der Waals surface area (Å²) in [5.74, 6) is -1.31. The molecule has 0 bridgehead atoms. The quantitative estimate of drug-likeness (QED) is 0.570. The number of aromatic nitrogens is 1. The molecule has 1 atom stereocenters. The first-order valence-corrected chi connectivity index (χ1v) is 10.1. The molecule has 156 valence electrons. The number of hydrogen-bond donors (Lipinski definition) is 3. The standard InChI is InChI=1S/C23H20N4O4/c1-12-8-14-10-16(3-5-18(14)24-12)25-21(29)13-2-4-17-15(9-13)11-27(23(17)31)19-6-7-20(28)26-22(19)30/h2-5,8-10,19,24H,6-7,11H2,1H3,(H,25,29)(H,26,28,30). The Bertz CT molecular complexity index is 1280. The average Bonchev–Trinajstić information content (AvgIpc) is 3.26. The third kappa shape index (κ3) is 3.35. The first-order chi connectivity index (χ1) is 14.9. The Balaban J connectivity index is 1.35. The van der Waals surface area contributed by atoms with Crippen molar-refractivity contribution in [1.29, 1.82) is 0 Å². The fourth-order valence-electron chi connectivity index (χ4n) is 4.27. The van der Waals surface area contributed by atoms with Crippen molar-refractivity contribution in [3.05, 3.63) is 64.8 Å². The molecule has 3 heterocycles. The maximum atomic E-state index is 12.8. The number of carbonyl (C=O) groups excluding carboxylic acids is 4. The molecule has 0 aliphatic carbocycles. The molecule has 3 N–H and O–H groups in total. The number of rotatable bonds is 3. The van der Waals surface area contributed by atoms with Gasteiger partial charge < -0.3 is 15.2 Å². The van der Waals surface area contributed by atoms with E-state index in [2.05, 4.69) is 15.6 Å². The minimum Gasteiger partial charge on any atom is -0.359 e. The van der Waals surface area contributed by atoms with Gasteiger partial charge in [-0.05, 0) is 61.4 Å². The highest BCUT2D eigenvalue weighted by molar-refractivity contribution is 6.08. The van der Waals surface area contributed by atoms with E-state index in [-0.39, 0.29) is 30.7 Å². The summed E-state index contributed by atoms with van der Waals surface area (Å²) in [5.41, 5.74) is 4.33. The van der Waals surface area contributed by atoms with E-state index in [1.807, 2.05) is 31.2 Å². The maximum Gasteiger partial charge on any atom is 0.255 e. The number of benzene rings is 2. The molecule has 0 spiro atoms. The van der Waals surface area contributed by atoms with Gasteiger partial charge in [-0.1, -0.05) is 0 Å². The number of H-pyrrole nitrogens is 1. The van der Waals surface area contributed by atoms with Crippen LogP contribution in [0.25, 0.3) is 10.9 Å². The summed E-state index contributed by atoms with van der Waals surface area (Å²) in [6.07, 6.45) is 0.508. The van der Waals surface area contributed by atoms with Crippen LogP contribution in [0.5, 0.6) is 0 Å². The summed E-state index contributed by atoms with van der Waals surface area (Å²) in [6, 6.07) is 11.9. The molecule has 2 aliphatic rings. The number of aromatic amines is 1. The summed E-state index contributed by atoms with van der Waals surface area (Å²) in [4.78, 5) is 53.8. The molecule has 1 aromatic heterocycles. The van der Waals surface area contributed by atoms with Crippen LogP contribution in [0.3, 0.4) is 0 Å². The van der Waals surface area contributed by atoms with E-state index in [0.717, 1.165) is 16.6 Å². The minimum absolute atomic E-state index is 0.204. The Hall–Kier alpha value is -3.94. The normalized spacial score (nSPS) is 18.3. The minimum atomic E-state index is -0.675. The van der Waals surface area contributed by atoms with Crippen LogP contribution >= 0.6 is 0 Å². The molecule has 8 nitrogen and oxygen atoms in total. The topological polar surface area (TPSA) is 111 Å². The molecule has 4 amide bonds. The molecule has 0 saturated carbocycles. The van der Waals surface area contributed by atoms with Crippen LogP contribution in [-0.4, -0.2) is 39.6 Å². The molecule has 2 aromatic carbocycles. The van der Waals surface area contributed by atoms with Crippen LogP contribution in [0.4, 0.5) is 5.69 Å². The number of anilines is 1. The Kier molecular flexibility index (Phi) is 4.35. The second kappa shape index (κ2) is 7.09. The van der Waals surface area contributed by atoms with Crippen molar-refractivity contribution >= 4 is 40.2 Å². The predicted octanol–water partition coefficient (Wildman–Crippen LogP) is 2.49. The van der Waals surface area contributed by atoms with Gasteiger partial charge in [-0.15, -0.1) is 0 Å². The Labute approximate surface area is 177 Å². The zero-order valence-electron chi connectivity index (χ0n) is 16.8. The highest BCUT2D eigenvalue weighted by Crippen LogP contribution is 2.28. The van der Waals surface area contributed by atoms with E-state index in [0.29, 0.717) is 28.8 Å². The molecule has 31 heavy (non-hydrogen) atoms. The third-order valence-electron chi connectivity index (χ3n) is 5.80. The molecule has 2 aliphatic heterocycles. The molecule has 8 heteroatoms. The number of amides is 4. The Morgan fingerprint density at radius 1 is 1.10 bits per heavy atom. The van der Waals surface area contributed by atoms with Gasteiger partial charge in [0.15, 0.2) is 0 Å². The van der Waals surface area contributed by atoms with Crippen LogP contribution in [0, 0.1) is 6.92 Å². The van der Waals surface area contributed by atoms with Crippen molar-refractivity contribution < 1.29 is 19.2 Å². The van der Waals surface area contributed by atoms with Crippen LogP contribution in [0.15, 0.2) is 42.5 Å². The summed E-state index contributed by atoms with van der Waals surface area (Å²) in [7, 11) is 0. The number of hydrogen-bond acceptors (Lipinski definition) is 4. The lowest BCUT2D eigenvalue weighted by Gasteiger charge is -2.29. The lowest BCUT2D eigenvalue weighted by molar-refractivity contribution is -0.136. The van der Waals surface area contributed by atoms with Gasteiger partial charge in [0, 0.05) is 46.4 Å². The highest BCUT2D eigenvalue weighted by Gasteiger charge is 2.39. The number of imide groups is 1. The smallest absolute Gasteiger partial charge is 0.255 e. The second-order valence-electron chi connectivity index (χ2n) is 7.98. The highest BCUT2D eigenvalue weighted by atomic mass is 16.2. The molecule has 5 rings (SSSR count). The van der Waals surface area contributed by atoms with Crippen molar-refractivity contribution in [3.63, 3.8) is 0 Å². The maximum absolute atomic E-state index is 12.8. The van der Waals surface area contributed by atoms with Gasteiger partial charge in [-0.25, -0.2) is 0 Å². The second-order valence-corrected chi connectivity index (χ2v) is 7.98. The van der Waals surface area contributed by atoms with Crippen molar-refractivity contribution in [1.82, 2.24) is 15.2 Å². The van der Waals surface area contributed by atoms with Gasteiger partial charge in [0.25, 0.3) is 11.8 Å². The molecule has 1 unspecified atom stereocenters. The first-order valence-electron chi connectivity index (χ1n) is 10.1. The number of carbonyl (C=O) groups is 4. The fourth-order valence-corrected chi connectivity index (χ4v) is 4.27. The Morgan fingerprint density at radius 2 is 1.94 bits per heavy atom. The van der Waals surface area contributed by atoms with Crippen molar-refractivity contribution in [2.45, 2.75) is 32.4 Å². The molecule has 1 fully saturated rings. The molecule has 3 aromatic rings. The summed E-state index contributed by atoms with van der Waals surface area (Å²) in [5, 5.41) is 6.19. The van der Waals surface area contributed by atoms with Crippen molar-refractivity contribution in [2.75, 3.05) is 5.32 Å². The largest absolute Gasteiger partial charge is 0.359 e.